The van der Waals surface area contributed by atoms with E-state index in [9.17, 15) is 4.79 Å². The Kier molecular flexibility index (Phi) is 16.4. The lowest BCUT2D eigenvalue weighted by Crippen LogP contribution is -2.27. The van der Waals surface area contributed by atoms with Gasteiger partial charge in [-0.1, -0.05) is 45.1 Å². The summed E-state index contributed by atoms with van der Waals surface area (Å²) in [6.45, 7) is 5.93. The van der Waals surface area contributed by atoms with Gasteiger partial charge in [-0.15, -0.1) is 0 Å². The van der Waals surface area contributed by atoms with Gasteiger partial charge in [0, 0.05) is 37.4 Å². The molecule has 0 aliphatic carbocycles. The van der Waals surface area contributed by atoms with Crippen molar-refractivity contribution in [1.82, 2.24) is 20.3 Å². The third kappa shape index (κ3) is 13.5. The first-order chi connectivity index (χ1) is 18.7. The molecule has 0 aliphatic rings. The van der Waals surface area contributed by atoms with E-state index in [4.69, 9.17) is 20.3 Å². The smallest absolute Gasteiger partial charge is 0.251 e. The van der Waals surface area contributed by atoms with Gasteiger partial charge in [-0.2, -0.15) is 15.0 Å². The van der Waals surface area contributed by atoms with E-state index >= 15 is 0 Å². The van der Waals surface area contributed by atoms with Crippen LogP contribution in [0.5, 0.6) is 0 Å². The number of benzene rings is 1. The maximum absolute atomic E-state index is 12.6. The monoisotopic (exact) mass is 532 g/mol. The fraction of sp³-hybridized carbons (Fsp3) is 0.615. The summed E-state index contributed by atoms with van der Waals surface area (Å²) in [6.07, 6.45) is 7.19. The molecule has 0 spiro atoms. The molecule has 0 atom stereocenters. The van der Waals surface area contributed by atoms with Crippen LogP contribution in [0, 0.1) is 0 Å². The highest BCUT2D eigenvalue weighted by Gasteiger charge is 2.10. The third-order valence-corrected chi connectivity index (χ3v) is 5.39. The van der Waals surface area contributed by atoms with Gasteiger partial charge in [0.1, 0.15) is 0 Å². The summed E-state index contributed by atoms with van der Waals surface area (Å²) in [5.74, 6) is 0.913. The Morgan fingerprint density at radius 1 is 0.868 bits per heavy atom. The van der Waals surface area contributed by atoms with Crippen molar-refractivity contribution in [3.05, 3.63) is 29.8 Å². The zero-order chi connectivity index (χ0) is 27.3. The second-order valence-corrected chi connectivity index (χ2v) is 8.63. The molecule has 0 unspecified atom stereocenters. The quantitative estimate of drug-likeness (QED) is 0.123. The zero-order valence-corrected chi connectivity index (χ0v) is 22.5. The molecule has 0 saturated heterocycles. The van der Waals surface area contributed by atoms with E-state index in [1.54, 1.807) is 18.2 Å². The number of rotatable bonds is 22. The number of carbonyl (C=O) groups excluding carboxylic acids is 1. The van der Waals surface area contributed by atoms with Crippen LogP contribution in [0.4, 0.5) is 23.5 Å². The summed E-state index contributed by atoms with van der Waals surface area (Å²) in [7, 11) is 0. The summed E-state index contributed by atoms with van der Waals surface area (Å²) < 4.78 is 10.7. The van der Waals surface area contributed by atoms with Crippen LogP contribution in [-0.2, 0) is 9.47 Å². The lowest BCUT2D eigenvalue weighted by molar-refractivity contribution is 0.0511. The van der Waals surface area contributed by atoms with Crippen LogP contribution in [0.15, 0.2) is 24.3 Å². The van der Waals surface area contributed by atoms with E-state index in [2.05, 4.69) is 43.1 Å². The highest BCUT2D eigenvalue weighted by molar-refractivity contribution is 5.95. The first-order valence-corrected chi connectivity index (χ1v) is 13.5. The molecule has 2 rings (SSSR count). The molecule has 1 aromatic heterocycles. The summed E-state index contributed by atoms with van der Waals surface area (Å²) in [4.78, 5) is 25.8. The molecular weight excluding hydrogens is 488 g/mol. The predicted molar refractivity (Wildman–Crippen MR) is 150 cm³/mol. The van der Waals surface area contributed by atoms with Gasteiger partial charge in [-0.25, -0.2) is 0 Å². The minimum Gasteiger partial charge on any atom is -0.395 e. The molecule has 12 heteroatoms. The molecule has 0 fully saturated rings. The number of nitrogens with one attached hydrogen (secondary N) is 4. The van der Waals surface area contributed by atoms with Crippen LogP contribution in [0.25, 0.3) is 0 Å². The lowest BCUT2D eigenvalue weighted by atomic mass is 10.1. The highest BCUT2D eigenvalue weighted by atomic mass is 16.5. The molecular formula is C26H44N8O4. The largest absolute Gasteiger partial charge is 0.395 e. The number of nitrogens with zero attached hydrogens (tertiary/aromatic N) is 3. The molecule has 0 radical (unpaired) electrons. The first kappa shape index (κ1) is 31.2. The van der Waals surface area contributed by atoms with Gasteiger partial charge in [-0.3, -0.25) is 4.79 Å². The summed E-state index contributed by atoms with van der Waals surface area (Å²) in [5, 5.41) is 21.4. The average molecular weight is 533 g/mol. The second-order valence-electron chi connectivity index (χ2n) is 8.63. The summed E-state index contributed by atoms with van der Waals surface area (Å²) in [5.41, 5.74) is 6.52. The number of aliphatic hydroxyl groups is 1. The van der Waals surface area contributed by atoms with E-state index in [1.165, 1.54) is 25.7 Å². The van der Waals surface area contributed by atoms with Gasteiger partial charge in [-0.05, 0) is 24.6 Å². The van der Waals surface area contributed by atoms with E-state index in [0.29, 0.717) is 75.2 Å². The van der Waals surface area contributed by atoms with Crippen molar-refractivity contribution in [2.75, 3.05) is 75.2 Å². The van der Waals surface area contributed by atoms with Crippen molar-refractivity contribution in [2.24, 2.45) is 5.73 Å². The maximum Gasteiger partial charge on any atom is 0.251 e. The van der Waals surface area contributed by atoms with Crippen molar-refractivity contribution in [2.45, 2.75) is 45.4 Å². The third-order valence-electron chi connectivity index (χ3n) is 5.39. The molecule has 0 bridgehead atoms. The Balaban J connectivity index is 1.89. The number of amides is 1. The van der Waals surface area contributed by atoms with E-state index < -0.39 is 0 Å². The van der Waals surface area contributed by atoms with E-state index in [1.807, 2.05) is 6.07 Å². The fourth-order valence-corrected chi connectivity index (χ4v) is 3.47. The highest BCUT2D eigenvalue weighted by Crippen LogP contribution is 2.17. The van der Waals surface area contributed by atoms with Crippen molar-refractivity contribution in [3.63, 3.8) is 0 Å². The van der Waals surface area contributed by atoms with Gasteiger partial charge in [0.15, 0.2) is 0 Å². The Morgan fingerprint density at radius 2 is 1.55 bits per heavy atom. The Morgan fingerprint density at radius 3 is 2.29 bits per heavy atom. The average Bonchev–Trinajstić information content (AvgIpc) is 2.93. The molecule has 212 valence electrons. The fourth-order valence-electron chi connectivity index (χ4n) is 3.47. The summed E-state index contributed by atoms with van der Waals surface area (Å²) >= 11 is 0. The molecule has 1 aromatic carbocycles. The lowest BCUT2D eigenvalue weighted by Gasteiger charge is -2.12. The Hall–Kier alpha value is -3.06. The van der Waals surface area contributed by atoms with E-state index in [-0.39, 0.29) is 12.5 Å². The number of aliphatic hydroxyl groups excluding tert-OH is 1. The molecule has 38 heavy (non-hydrogen) atoms. The minimum atomic E-state index is -0.209. The molecule has 12 nitrogen and oxygen atoms in total. The second kappa shape index (κ2) is 20.0. The van der Waals surface area contributed by atoms with Crippen LogP contribution in [0.2, 0.25) is 0 Å². The number of anilines is 4. The minimum absolute atomic E-state index is 0.0424. The number of hydrogen-bond acceptors (Lipinski definition) is 11. The van der Waals surface area contributed by atoms with Crippen LogP contribution in [0.1, 0.15) is 55.8 Å². The zero-order valence-electron chi connectivity index (χ0n) is 22.5. The number of unbranched alkanes of at least 4 members (excludes halogenated alkanes) is 5. The predicted octanol–water partition coefficient (Wildman–Crippen LogP) is 2.51. The Labute approximate surface area is 225 Å². The Bertz CT molecular complexity index is 919. The molecule has 2 aromatic rings. The van der Waals surface area contributed by atoms with Gasteiger partial charge in [0.05, 0.1) is 33.0 Å². The van der Waals surface area contributed by atoms with Gasteiger partial charge in [0.25, 0.3) is 5.91 Å². The van der Waals surface area contributed by atoms with Crippen molar-refractivity contribution in [3.8, 4) is 0 Å². The van der Waals surface area contributed by atoms with Gasteiger partial charge < -0.3 is 41.6 Å². The van der Waals surface area contributed by atoms with Crippen LogP contribution < -0.4 is 27.0 Å². The summed E-state index contributed by atoms with van der Waals surface area (Å²) in [6, 6.07) is 7.07. The number of nitrogens with two attached hydrogens (primary N) is 1. The van der Waals surface area contributed by atoms with Crippen molar-refractivity contribution >= 4 is 29.4 Å². The number of hydrogen-bond donors (Lipinski definition) is 6. The normalized spacial score (nSPS) is 10.8. The number of aromatic nitrogens is 3. The first-order valence-electron chi connectivity index (χ1n) is 13.5. The van der Waals surface area contributed by atoms with Crippen LogP contribution >= 0.6 is 0 Å². The van der Waals surface area contributed by atoms with Gasteiger partial charge in [0.2, 0.25) is 17.8 Å². The number of ether oxygens (including phenoxy) is 2. The molecule has 1 amide bonds. The molecule has 0 saturated carbocycles. The van der Waals surface area contributed by atoms with Crippen molar-refractivity contribution < 1.29 is 19.4 Å². The maximum atomic E-state index is 12.6. The molecule has 7 N–H and O–H groups in total. The van der Waals surface area contributed by atoms with Crippen molar-refractivity contribution in [1.29, 1.82) is 0 Å². The molecule has 1 heterocycles. The standard InChI is InChI=1S/C26H44N8O4/c1-2-3-4-5-6-7-12-29-24-32-25(30-13-15-35)34-26(33-24)31-22-10-8-9-21(20-22)23(36)28-14-17-38-19-18-37-16-11-27/h8-10,20,35H,2-7,11-19,27H2,1H3,(H,28,36)(H3,29,30,31,32,33,34). The van der Waals surface area contributed by atoms with Gasteiger partial charge >= 0.3 is 0 Å². The SMILES string of the molecule is CCCCCCCCNc1nc(NCCO)nc(Nc2cccc(C(=O)NCCOCCOCCN)c2)n1. The van der Waals surface area contributed by atoms with Crippen LogP contribution in [-0.4, -0.2) is 85.2 Å². The van der Waals surface area contributed by atoms with E-state index in [0.717, 1.165) is 19.4 Å². The van der Waals surface area contributed by atoms with Crippen LogP contribution in [0.3, 0.4) is 0 Å². The topological polar surface area (TPSA) is 169 Å². The molecule has 0 aliphatic heterocycles. The number of carbonyl (C=O) groups is 1.